The quantitative estimate of drug-likeness (QED) is 0.365. The first-order chi connectivity index (χ1) is 15.6. The van der Waals surface area contributed by atoms with E-state index in [2.05, 4.69) is 21.6 Å². The lowest BCUT2D eigenvalue weighted by Crippen LogP contribution is -2.12. The Bertz CT molecular complexity index is 1270. The molecule has 0 bridgehead atoms. The molecule has 4 aromatic rings. The van der Waals surface area contributed by atoms with Gasteiger partial charge in [-0.1, -0.05) is 72.0 Å². The fourth-order valence-electron chi connectivity index (χ4n) is 3.11. The molecular weight excluding hydrogens is 438 g/mol. The van der Waals surface area contributed by atoms with E-state index in [0.717, 1.165) is 27.4 Å². The predicted molar refractivity (Wildman–Crippen MR) is 128 cm³/mol. The lowest BCUT2D eigenvalue weighted by atomic mass is 9.99. The van der Waals surface area contributed by atoms with Crippen LogP contribution in [0.1, 0.15) is 17.0 Å². The highest BCUT2D eigenvalue weighted by molar-refractivity contribution is 7.99. The van der Waals surface area contributed by atoms with E-state index in [1.165, 1.54) is 23.1 Å². The summed E-state index contributed by atoms with van der Waals surface area (Å²) < 4.78 is 0. The van der Waals surface area contributed by atoms with Gasteiger partial charge in [0.15, 0.2) is 0 Å². The van der Waals surface area contributed by atoms with Crippen molar-refractivity contribution < 1.29 is 4.79 Å². The lowest BCUT2D eigenvalue weighted by Gasteiger charge is -2.12. The minimum absolute atomic E-state index is 0.144. The fourth-order valence-corrected chi connectivity index (χ4v) is 4.66. The molecule has 6 nitrogen and oxygen atoms in total. The van der Waals surface area contributed by atoms with E-state index >= 15 is 0 Å². The second-order valence-corrected chi connectivity index (χ2v) is 9.12. The number of nitriles is 1. The molecule has 2 aromatic heterocycles. The minimum Gasteiger partial charge on any atom is -0.301 e. The summed E-state index contributed by atoms with van der Waals surface area (Å²) in [5, 5.41) is 22.4. The molecule has 0 aliphatic heterocycles. The first kappa shape index (κ1) is 21.7. The Morgan fingerprint density at radius 2 is 1.75 bits per heavy atom. The highest BCUT2D eigenvalue weighted by Gasteiger charge is 2.16. The van der Waals surface area contributed by atoms with Gasteiger partial charge in [0.2, 0.25) is 11.0 Å². The molecule has 1 amide bonds. The molecule has 0 spiro atoms. The van der Waals surface area contributed by atoms with Crippen molar-refractivity contribution in [3.63, 3.8) is 0 Å². The van der Waals surface area contributed by atoms with Crippen molar-refractivity contribution in [1.29, 1.82) is 5.26 Å². The van der Waals surface area contributed by atoms with Crippen molar-refractivity contribution in [1.82, 2.24) is 15.2 Å². The number of aryl methyl sites for hydroxylation is 1. The van der Waals surface area contributed by atoms with E-state index in [1.807, 2.05) is 73.7 Å². The summed E-state index contributed by atoms with van der Waals surface area (Å²) in [7, 11) is 0. The second-order valence-electron chi connectivity index (χ2n) is 6.85. The average Bonchev–Trinajstić information content (AvgIpc) is 3.24. The zero-order valence-electron chi connectivity index (χ0n) is 17.3. The number of hydrogen-bond acceptors (Lipinski definition) is 7. The molecule has 0 aliphatic carbocycles. The number of aromatic nitrogens is 3. The molecule has 4 rings (SSSR count). The van der Waals surface area contributed by atoms with E-state index in [-0.39, 0.29) is 12.3 Å². The zero-order valence-corrected chi connectivity index (χ0v) is 18.9. The van der Waals surface area contributed by atoms with Crippen LogP contribution in [0.4, 0.5) is 5.13 Å². The fraction of sp³-hybridized carbons (Fsp3) is 0.125. The smallest absolute Gasteiger partial charge is 0.227 e. The maximum absolute atomic E-state index is 12.3. The van der Waals surface area contributed by atoms with Crippen LogP contribution in [-0.2, 0) is 4.79 Å². The molecule has 8 heteroatoms. The second kappa shape index (κ2) is 10.2. The average molecular weight is 458 g/mol. The summed E-state index contributed by atoms with van der Waals surface area (Å²) in [5.41, 5.74) is 4.06. The number of nitrogens with one attached hydrogen (secondary N) is 1. The van der Waals surface area contributed by atoms with E-state index in [9.17, 15) is 10.1 Å². The third-order valence-electron chi connectivity index (χ3n) is 4.59. The standard InChI is InChI=1S/C24H19N5OS2/c1-16-28-29-24(32-16)27-22(30)12-13-31-23-20(15-25)19(17-8-4-2-5-9-17)14-21(26-23)18-10-6-3-7-11-18/h2-11,14H,12-13H2,1H3,(H,27,29,30). The normalized spacial score (nSPS) is 10.5. The van der Waals surface area contributed by atoms with Crippen LogP contribution in [0.2, 0.25) is 0 Å². The largest absolute Gasteiger partial charge is 0.301 e. The monoisotopic (exact) mass is 457 g/mol. The third-order valence-corrected chi connectivity index (χ3v) is 6.32. The first-order valence-electron chi connectivity index (χ1n) is 9.93. The summed E-state index contributed by atoms with van der Waals surface area (Å²) in [6.07, 6.45) is 0.270. The molecule has 0 saturated heterocycles. The van der Waals surface area contributed by atoms with Crippen LogP contribution in [-0.4, -0.2) is 26.8 Å². The lowest BCUT2D eigenvalue weighted by molar-refractivity contribution is -0.115. The van der Waals surface area contributed by atoms with E-state index in [4.69, 9.17) is 4.98 Å². The van der Waals surface area contributed by atoms with Crippen LogP contribution in [0, 0.1) is 18.3 Å². The number of hydrogen-bond donors (Lipinski definition) is 1. The van der Waals surface area contributed by atoms with Crippen molar-refractivity contribution in [2.24, 2.45) is 0 Å². The molecule has 0 fully saturated rings. The van der Waals surface area contributed by atoms with Gasteiger partial charge in [-0.05, 0) is 18.6 Å². The number of nitrogens with zero attached hydrogens (tertiary/aromatic N) is 4. The first-order valence-corrected chi connectivity index (χ1v) is 11.7. The van der Waals surface area contributed by atoms with Crippen molar-refractivity contribution >= 4 is 34.1 Å². The SMILES string of the molecule is Cc1nnc(NC(=O)CCSc2nc(-c3ccccc3)cc(-c3ccccc3)c2C#N)s1. The number of rotatable bonds is 7. The van der Waals surface area contributed by atoms with Crippen molar-refractivity contribution in [2.75, 3.05) is 11.1 Å². The molecule has 0 radical (unpaired) electrons. The van der Waals surface area contributed by atoms with Gasteiger partial charge in [-0.25, -0.2) is 4.98 Å². The van der Waals surface area contributed by atoms with Gasteiger partial charge in [-0.2, -0.15) is 5.26 Å². The zero-order chi connectivity index (χ0) is 22.3. The molecule has 158 valence electrons. The molecule has 0 aliphatic rings. The van der Waals surface area contributed by atoms with Crippen LogP contribution in [0.3, 0.4) is 0 Å². The van der Waals surface area contributed by atoms with Gasteiger partial charge in [0.25, 0.3) is 0 Å². The van der Waals surface area contributed by atoms with Crippen LogP contribution >= 0.6 is 23.1 Å². The molecule has 0 saturated carbocycles. The number of benzene rings is 2. The maximum Gasteiger partial charge on any atom is 0.227 e. The van der Waals surface area contributed by atoms with Gasteiger partial charge < -0.3 is 5.32 Å². The summed E-state index contributed by atoms with van der Waals surface area (Å²) >= 11 is 2.74. The van der Waals surface area contributed by atoms with Crippen LogP contribution < -0.4 is 5.32 Å². The van der Waals surface area contributed by atoms with E-state index < -0.39 is 0 Å². The highest BCUT2D eigenvalue weighted by atomic mass is 32.2. The Balaban J connectivity index is 1.60. The summed E-state index contributed by atoms with van der Waals surface area (Å²) in [5.74, 6) is 0.340. The number of carbonyl (C=O) groups is 1. The highest BCUT2D eigenvalue weighted by Crippen LogP contribution is 2.34. The Morgan fingerprint density at radius 3 is 2.38 bits per heavy atom. The van der Waals surface area contributed by atoms with E-state index in [1.54, 1.807) is 0 Å². The minimum atomic E-state index is -0.144. The van der Waals surface area contributed by atoms with Gasteiger partial charge >= 0.3 is 0 Å². The van der Waals surface area contributed by atoms with Crippen LogP contribution in [0.5, 0.6) is 0 Å². The van der Waals surface area contributed by atoms with Gasteiger partial charge in [-0.3, -0.25) is 4.79 Å². The van der Waals surface area contributed by atoms with Crippen molar-refractivity contribution in [3.05, 3.63) is 77.3 Å². The Morgan fingerprint density at radius 1 is 1.06 bits per heavy atom. The maximum atomic E-state index is 12.3. The predicted octanol–water partition coefficient (Wildman–Crippen LogP) is 5.57. The van der Waals surface area contributed by atoms with Gasteiger partial charge in [0.1, 0.15) is 16.1 Å². The molecular formula is C24H19N5OS2. The third kappa shape index (κ3) is 5.19. The Labute approximate surface area is 194 Å². The topological polar surface area (TPSA) is 91.6 Å². The van der Waals surface area contributed by atoms with Crippen molar-refractivity contribution in [2.45, 2.75) is 18.4 Å². The van der Waals surface area contributed by atoms with Gasteiger partial charge in [0.05, 0.1) is 11.3 Å². The van der Waals surface area contributed by atoms with E-state index in [0.29, 0.717) is 21.5 Å². The number of anilines is 1. The number of amides is 1. The molecule has 2 heterocycles. The number of thioether (sulfide) groups is 1. The van der Waals surface area contributed by atoms with Crippen LogP contribution in [0.15, 0.2) is 71.8 Å². The number of carbonyl (C=O) groups excluding carboxylic acids is 1. The Kier molecular flexibility index (Phi) is 6.90. The Hall–Kier alpha value is -3.54. The molecule has 0 atom stereocenters. The summed E-state index contributed by atoms with van der Waals surface area (Å²) in [6, 6.07) is 24.0. The molecule has 2 aromatic carbocycles. The molecule has 1 N–H and O–H groups in total. The van der Waals surface area contributed by atoms with Gasteiger partial charge in [-0.15, -0.1) is 22.0 Å². The van der Waals surface area contributed by atoms with Crippen molar-refractivity contribution in [3.8, 4) is 28.5 Å². The van der Waals surface area contributed by atoms with Crippen LogP contribution in [0.25, 0.3) is 22.4 Å². The number of pyridine rings is 1. The molecule has 0 unspecified atom stereocenters. The summed E-state index contributed by atoms with van der Waals surface area (Å²) in [6.45, 7) is 1.84. The summed E-state index contributed by atoms with van der Waals surface area (Å²) in [4.78, 5) is 17.0. The molecule has 32 heavy (non-hydrogen) atoms. The van der Waals surface area contributed by atoms with Gasteiger partial charge in [0, 0.05) is 23.3 Å².